The number of aliphatic imine (C=N–C) groups is 1. The summed E-state index contributed by atoms with van der Waals surface area (Å²) in [6.45, 7) is 6.25. The van der Waals surface area contributed by atoms with Gasteiger partial charge < -0.3 is 24.8 Å². The molecule has 2 aromatic rings. The van der Waals surface area contributed by atoms with Crippen molar-refractivity contribution in [3.8, 4) is 5.75 Å². The Morgan fingerprint density at radius 1 is 1.17 bits per heavy atom. The van der Waals surface area contributed by atoms with E-state index in [-0.39, 0.29) is 24.0 Å². The molecule has 0 radical (unpaired) electrons. The fraction of sp³-hybridized carbons (Fsp3) is 0.455. The van der Waals surface area contributed by atoms with Gasteiger partial charge in [0.2, 0.25) is 0 Å². The fourth-order valence-corrected chi connectivity index (χ4v) is 3.27. The molecule has 0 unspecified atom stereocenters. The van der Waals surface area contributed by atoms with Crippen molar-refractivity contribution in [1.29, 1.82) is 0 Å². The van der Waals surface area contributed by atoms with Gasteiger partial charge in [-0.05, 0) is 36.9 Å². The SMILES string of the molecule is CN=C(NCc1ccnc(N2CCN(C)CC2)c1)N(C)CCOc1ccccc1.I. The summed E-state index contributed by atoms with van der Waals surface area (Å²) in [4.78, 5) is 15.7. The van der Waals surface area contributed by atoms with Crippen LogP contribution in [0.3, 0.4) is 0 Å². The van der Waals surface area contributed by atoms with Gasteiger partial charge in [-0.15, -0.1) is 24.0 Å². The van der Waals surface area contributed by atoms with Gasteiger partial charge >= 0.3 is 0 Å². The first-order valence-electron chi connectivity index (χ1n) is 10.1. The molecule has 0 spiro atoms. The maximum atomic E-state index is 5.78. The van der Waals surface area contributed by atoms with Crippen molar-refractivity contribution in [2.24, 2.45) is 4.99 Å². The zero-order chi connectivity index (χ0) is 20.5. The van der Waals surface area contributed by atoms with Crippen LogP contribution in [0.25, 0.3) is 0 Å². The number of guanidine groups is 1. The number of hydrogen-bond donors (Lipinski definition) is 1. The first-order chi connectivity index (χ1) is 14.2. The van der Waals surface area contributed by atoms with Crippen molar-refractivity contribution in [3.05, 3.63) is 54.2 Å². The van der Waals surface area contributed by atoms with E-state index in [2.05, 4.69) is 49.2 Å². The van der Waals surface area contributed by atoms with Gasteiger partial charge in [0.15, 0.2) is 5.96 Å². The molecule has 1 saturated heterocycles. The molecule has 1 fully saturated rings. The molecule has 0 amide bonds. The van der Waals surface area contributed by atoms with E-state index in [1.807, 2.05) is 43.6 Å². The number of rotatable bonds is 7. The van der Waals surface area contributed by atoms with E-state index >= 15 is 0 Å². The van der Waals surface area contributed by atoms with Gasteiger partial charge in [0.05, 0.1) is 6.54 Å². The molecular formula is C22H33IN6O. The van der Waals surface area contributed by atoms with Crippen molar-refractivity contribution in [2.45, 2.75) is 6.54 Å². The summed E-state index contributed by atoms with van der Waals surface area (Å²) in [5.41, 5.74) is 1.20. The lowest BCUT2D eigenvalue weighted by atomic mass is 10.2. The lowest BCUT2D eigenvalue weighted by Crippen LogP contribution is -2.44. The summed E-state index contributed by atoms with van der Waals surface area (Å²) in [6, 6.07) is 14.1. The van der Waals surface area contributed by atoms with Gasteiger partial charge in [-0.2, -0.15) is 0 Å². The van der Waals surface area contributed by atoms with Gasteiger partial charge in [-0.25, -0.2) is 4.98 Å². The lowest BCUT2D eigenvalue weighted by molar-refractivity contribution is 0.281. The lowest BCUT2D eigenvalue weighted by Gasteiger charge is -2.33. The van der Waals surface area contributed by atoms with Crippen LogP contribution in [-0.2, 0) is 6.54 Å². The molecule has 0 saturated carbocycles. The van der Waals surface area contributed by atoms with Crippen LogP contribution in [-0.4, -0.2) is 81.2 Å². The predicted molar refractivity (Wildman–Crippen MR) is 134 cm³/mol. The second-order valence-electron chi connectivity index (χ2n) is 7.30. The number of nitrogens with zero attached hydrogens (tertiary/aromatic N) is 5. The van der Waals surface area contributed by atoms with E-state index in [1.54, 1.807) is 7.05 Å². The van der Waals surface area contributed by atoms with E-state index in [9.17, 15) is 0 Å². The minimum absolute atomic E-state index is 0. The number of halogens is 1. The quantitative estimate of drug-likeness (QED) is 0.342. The van der Waals surface area contributed by atoms with Crippen LogP contribution in [0.2, 0.25) is 0 Å². The maximum absolute atomic E-state index is 5.78. The first-order valence-corrected chi connectivity index (χ1v) is 10.1. The zero-order valence-electron chi connectivity index (χ0n) is 18.1. The Labute approximate surface area is 197 Å². The Hall–Kier alpha value is -2.07. The smallest absolute Gasteiger partial charge is 0.193 e. The standard InChI is InChI=1S/C22H32N6O.HI/c1-23-22(27(3)15-16-29-20-7-5-4-6-8-20)25-18-19-9-10-24-21(17-19)28-13-11-26(2)12-14-28;/h4-10,17H,11-16,18H2,1-3H3,(H,23,25);1H. The van der Waals surface area contributed by atoms with Crippen LogP contribution in [0.4, 0.5) is 5.82 Å². The highest BCUT2D eigenvalue weighted by Crippen LogP contribution is 2.15. The van der Waals surface area contributed by atoms with Gasteiger partial charge in [-0.1, -0.05) is 18.2 Å². The number of likely N-dealkylation sites (N-methyl/N-ethyl adjacent to an activating group) is 2. The summed E-state index contributed by atoms with van der Waals surface area (Å²) in [5, 5.41) is 3.44. The number of para-hydroxylation sites is 1. The van der Waals surface area contributed by atoms with Crippen molar-refractivity contribution >= 4 is 35.8 Å². The average Bonchev–Trinajstić information content (AvgIpc) is 2.76. The number of hydrogen-bond acceptors (Lipinski definition) is 5. The third-order valence-electron chi connectivity index (χ3n) is 5.10. The highest BCUT2D eigenvalue weighted by atomic mass is 127. The van der Waals surface area contributed by atoms with Gasteiger partial charge in [-0.3, -0.25) is 4.99 Å². The van der Waals surface area contributed by atoms with Crippen LogP contribution in [0.15, 0.2) is 53.7 Å². The van der Waals surface area contributed by atoms with Crippen LogP contribution in [0, 0.1) is 0 Å². The molecule has 8 heteroatoms. The predicted octanol–water partition coefficient (Wildman–Crippen LogP) is 2.54. The maximum Gasteiger partial charge on any atom is 0.193 e. The van der Waals surface area contributed by atoms with Crippen LogP contribution in [0.1, 0.15) is 5.56 Å². The average molecular weight is 524 g/mol. The number of nitrogens with one attached hydrogen (secondary N) is 1. The van der Waals surface area contributed by atoms with Gasteiger partial charge in [0, 0.05) is 53.0 Å². The van der Waals surface area contributed by atoms with E-state index in [4.69, 9.17) is 4.74 Å². The molecule has 1 N–H and O–H groups in total. The zero-order valence-corrected chi connectivity index (χ0v) is 20.5. The highest BCUT2D eigenvalue weighted by molar-refractivity contribution is 14.0. The van der Waals surface area contributed by atoms with E-state index in [0.29, 0.717) is 13.2 Å². The molecule has 30 heavy (non-hydrogen) atoms. The molecule has 3 rings (SSSR count). The Balaban J connectivity index is 0.00000320. The van der Waals surface area contributed by atoms with E-state index in [1.165, 1.54) is 5.56 Å². The second kappa shape index (κ2) is 12.6. The molecule has 0 bridgehead atoms. The van der Waals surface area contributed by atoms with Gasteiger partial charge in [0.25, 0.3) is 0 Å². The van der Waals surface area contributed by atoms with Crippen molar-refractivity contribution < 1.29 is 4.74 Å². The molecule has 7 nitrogen and oxygen atoms in total. The van der Waals surface area contributed by atoms with Crippen LogP contribution >= 0.6 is 24.0 Å². The Bertz CT molecular complexity index is 780. The number of benzene rings is 1. The Morgan fingerprint density at radius 3 is 2.60 bits per heavy atom. The van der Waals surface area contributed by atoms with Crippen molar-refractivity contribution in [2.75, 3.05) is 65.4 Å². The molecule has 1 aromatic carbocycles. The monoisotopic (exact) mass is 524 g/mol. The van der Waals surface area contributed by atoms with Crippen molar-refractivity contribution in [1.82, 2.24) is 20.1 Å². The summed E-state index contributed by atoms with van der Waals surface area (Å²) < 4.78 is 5.78. The summed E-state index contributed by atoms with van der Waals surface area (Å²) in [6.07, 6.45) is 1.89. The van der Waals surface area contributed by atoms with Crippen LogP contribution in [0.5, 0.6) is 5.75 Å². The topological polar surface area (TPSA) is 56.2 Å². The molecular weight excluding hydrogens is 491 g/mol. The molecule has 1 aromatic heterocycles. The number of anilines is 1. The molecule has 0 aliphatic carbocycles. The third kappa shape index (κ3) is 7.32. The van der Waals surface area contributed by atoms with Crippen LogP contribution < -0.4 is 15.0 Å². The molecule has 1 aliphatic heterocycles. The molecule has 164 valence electrons. The summed E-state index contributed by atoms with van der Waals surface area (Å²) in [7, 11) is 5.99. The third-order valence-corrected chi connectivity index (χ3v) is 5.10. The largest absolute Gasteiger partial charge is 0.492 e. The molecule has 2 heterocycles. The summed E-state index contributed by atoms with van der Waals surface area (Å²) >= 11 is 0. The number of piperazine rings is 1. The normalized spacial score (nSPS) is 14.8. The number of ether oxygens (including phenoxy) is 1. The number of aromatic nitrogens is 1. The second-order valence-corrected chi connectivity index (χ2v) is 7.30. The van der Waals surface area contributed by atoms with Gasteiger partial charge in [0.1, 0.15) is 18.2 Å². The molecule has 0 atom stereocenters. The Kier molecular flexibility index (Phi) is 10.2. The fourth-order valence-electron chi connectivity index (χ4n) is 3.27. The first kappa shape index (κ1) is 24.2. The minimum atomic E-state index is 0. The minimum Gasteiger partial charge on any atom is -0.492 e. The van der Waals surface area contributed by atoms with E-state index in [0.717, 1.165) is 50.3 Å². The highest BCUT2D eigenvalue weighted by Gasteiger charge is 2.15. The van der Waals surface area contributed by atoms with Crippen molar-refractivity contribution in [3.63, 3.8) is 0 Å². The Morgan fingerprint density at radius 2 is 1.90 bits per heavy atom. The van der Waals surface area contributed by atoms with E-state index < -0.39 is 0 Å². The number of pyridine rings is 1. The molecule has 1 aliphatic rings. The summed E-state index contributed by atoms with van der Waals surface area (Å²) in [5.74, 6) is 2.79.